The Morgan fingerprint density at radius 3 is 2.47 bits per heavy atom. The number of nitrogens with zero attached hydrogens (tertiary/aromatic N) is 3. The third-order valence-electron chi connectivity index (χ3n) is 6.59. The molecule has 1 saturated heterocycles. The summed E-state index contributed by atoms with van der Waals surface area (Å²) in [7, 11) is -3.65. The second-order valence-electron chi connectivity index (χ2n) is 9.10. The highest BCUT2D eigenvalue weighted by molar-refractivity contribution is 7.89. The third-order valence-corrected chi connectivity index (χ3v) is 9.80. The smallest absolute Gasteiger partial charge is 0.243 e. The number of aromatic nitrogens is 1. The molecular formula is C28H28ClN3O4S2. The molecule has 0 radical (unpaired) electrons. The zero-order valence-electron chi connectivity index (χ0n) is 20.9. The summed E-state index contributed by atoms with van der Waals surface area (Å²) in [4.78, 5) is 20.6. The molecule has 0 spiro atoms. The summed E-state index contributed by atoms with van der Waals surface area (Å²) < 4.78 is 34.3. The molecule has 3 aromatic carbocycles. The largest absolute Gasteiger partial charge is 0.494 e. The number of halogens is 1. The lowest BCUT2D eigenvalue weighted by Crippen LogP contribution is -2.44. The Bertz CT molecular complexity index is 1520. The minimum absolute atomic E-state index is 0.0403. The van der Waals surface area contributed by atoms with Crippen molar-refractivity contribution < 1.29 is 17.9 Å². The van der Waals surface area contributed by atoms with Crippen molar-refractivity contribution in [3.63, 3.8) is 0 Å². The van der Waals surface area contributed by atoms with Crippen LogP contribution in [0.15, 0.2) is 77.7 Å². The normalized spacial score (nSPS) is 15.0. The predicted molar refractivity (Wildman–Crippen MR) is 151 cm³/mol. The van der Waals surface area contributed by atoms with Crippen molar-refractivity contribution in [2.45, 2.75) is 31.2 Å². The van der Waals surface area contributed by atoms with Gasteiger partial charge in [-0.1, -0.05) is 53.3 Å². The van der Waals surface area contributed by atoms with Gasteiger partial charge in [0, 0.05) is 24.0 Å². The summed E-state index contributed by atoms with van der Waals surface area (Å²) in [5, 5.41) is 1.11. The van der Waals surface area contributed by atoms with Crippen LogP contribution in [0.4, 0.5) is 5.13 Å². The van der Waals surface area contributed by atoms with Crippen molar-refractivity contribution in [2.75, 3.05) is 24.6 Å². The van der Waals surface area contributed by atoms with Gasteiger partial charge in [0.15, 0.2) is 5.13 Å². The fourth-order valence-electron chi connectivity index (χ4n) is 4.59. The fourth-order valence-corrected chi connectivity index (χ4v) is 7.18. The lowest BCUT2D eigenvalue weighted by atomic mass is 9.96. The summed E-state index contributed by atoms with van der Waals surface area (Å²) in [6.07, 6.45) is 0.882. The number of amides is 1. The number of hydrogen-bond donors (Lipinski definition) is 0. The van der Waals surface area contributed by atoms with Crippen molar-refractivity contribution in [3.8, 4) is 5.75 Å². The Labute approximate surface area is 231 Å². The van der Waals surface area contributed by atoms with Crippen LogP contribution in [0, 0.1) is 5.92 Å². The highest BCUT2D eigenvalue weighted by Crippen LogP contribution is 2.34. The summed E-state index contributed by atoms with van der Waals surface area (Å²) >= 11 is 7.38. The second kappa shape index (κ2) is 11.4. The molecule has 0 atom stereocenters. The average molecular weight is 570 g/mol. The molecule has 1 aliphatic heterocycles. The van der Waals surface area contributed by atoms with Crippen molar-refractivity contribution in [3.05, 3.63) is 83.4 Å². The number of benzene rings is 3. The number of carbonyl (C=O) groups excluding carboxylic acids is 1. The van der Waals surface area contributed by atoms with Gasteiger partial charge in [0.2, 0.25) is 15.9 Å². The monoisotopic (exact) mass is 569 g/mol. The van der Waals surface area contributed by atoms with Crippen LogP contribution in [0.2, 0.25) is 5.02 Å². The van der Waals surface area contributed by atoms with Crippen molar-refractivity contribution >= 4 is 54.2 Å². The highest BCUT2D eigenvalue weighted by atomic mass is 35.5. The van der Waals surface area contributed by atoms with Gasteiger partial charge < -0.3 is 4.74 Å². The first-order valence-electron chi connectivity index (χ1n) is 12.5. The first-order valence-corrected chi connectivity index (χ1v) is 15.1. The van der Waals surface area contributed by atoms with Crippen LogP contribution >= 0.6 is 22.9 Å². The number of ether oxygens (including phenoxy) is 1. The number of fused-ring (bicyclic) bond motifs is 1. The van der Waals surface area contributed by atoms with Crippen LogP contribution in [-0.4, -0.2) is 43.3 Å². The molecule has 0 saturated carbocycles. The van der Waals surface area contributed by atoms with E-state index in [4.69, 9.17) is 21.3 Å². The maximum absolute atomic E-state index is 13.9. The molecule has 1 amide bonds. The van der Waals surface area contributed by atoms with E-state index in [9.17, 15) is 13.2 Å². The maximum Gasteiger partial charge on any atom is 0.243 e. The summed E-state index contributed by atoms with van der Waals surface area (Å²) in [5.41, 5.74) is 1.81. The van der Waals surface area contributed by atoms with Crippen molar-refractivity contribution in [1.29, 1.82) is 0 Å². The van der Waals surface area contributed by atoms with Gasteiger partial charge in [0.1, 0.15) is 5.75 Å². The SMILES string of the molecule is CCOc1ccc2nc(N(Cc3ccccc3)C(=O)C3CCN(S(=O)(=O)c4ccc(Cl)cc4)CC3)sc2c1. The van der Waals surface area contributed by atoms with Crippen LogP contribution in [-0.2, 0) is 21.4 Å². The standard InChI is InChI=1S/C28H28ClN3O4S2/c1-2-36-23-10-13-25-26(18-23)37-28(30-25)32(19-20-6-4-3-5-7-20)27(33)21-14-16-31(17-15-21)38(34,35)24-11-8-22(29)9-12-24/h3-13,18,21H,2,14-17,19H2,1H3. The minimum Gasteiger partial charge on any atom is -0.494 e. The van der Waals surface area contributed by atoms with E-state index in [1.54, 1.807) is 17.0 Å². The Hall–Kier alpha value is -2.98. The molecule has 7 nitrogen and oxygen atoms in total. The van der Waals surface area contributed by atoms with E-state index in [2.05, 4.69) is 0 Å². The third kappa shape index (κ3) is 5.71. The van der Waals surface area contributed by atoms with Crippen molar-refractivity contribution in [1.82, 2.24) is 9.29 Å². The van der Waals surface area contributed by atoms with E-state index in [1.807, 2.05) is 55.5 Å². The Morgan fingerprint density at radius 1 is 1.08 bits per heavy atom. The zero-order chi connectivity index (χ0) is 26.7. The summed E-state index contributed by atoms with van der Waals surface area (Å²) in [5.74, 6) is 0.424. The quantitative estimate of drug-likeness (QED) is 0.261. The number of anilines is 1. The number of carbonyl (C=O) groups is 1. The average Bonchev–Trinajstić information content (AvgIpc) is 3.36. The van der Waals surface area contributed by atoms with E-state index in [0.29, 0.717) is 36.1 Å². The predicted octanol–water partition coefficient (Wildman–Crippen LogP) is 5.98. The molecule has 0 unspecified atom stereocenters. The van der Waals surface area contributed by atoms with Gasteiger partial charge >= 0.3 is 0 Å². The summed E-state index contributed by atoms with van der Waals surface area (Å²) in [6.45, 7) is 3.45. The van der Waals surface area contributed by atoms with Crippen LogP contribution in [0.1, 0.15) is 25.3 Å². The van der Waals surface area contributed by atoms with Crippen molar-refractivity contribution in [2.24, 2.45) is 5.92 Å². The number of piperidine rings is 1. The van der Waals surface area contributed by atoms with E-state index in [0.717, 1.165) is 21.5 Å². The molecule has 0 aliphatic carbocycles. The Balaban J connectivity index is 1.37. The Kier molecular flexibility index (Phi) is 7.99. The van der Waals surface area contributed by atoms with Crippen LogP contribution in [0.3, 0.4) is 0 Å². The topological polar surface area (TPSA) is 79.8 Å². The van der Waals surface area contributed by atoms with Crippen LogP contribution in [0.5, 0.6) is 5.75 Å². The molecule has 0 N–H and O–H groups in total. The minimum atomic E-state index is -3.65. The van der Waals surface area contributed by atoms with Gasteiger partial charge in [0.25, 0.3) is 0 Å². The lowest BCUT2D eigenvalue weighted by molar-refractivity contribution is -0.123. The number of thiazole rings is 1. The molecular weight excluding hydrogens is 542 g/mol. The van der Waals surface area contributed by atoms with E-state index < -0.39 is 10.0 Å². The fraction of sp³-hybridized carbons (Fsp3) is 0.286. The molecule has 38 heavy (non-hydrogen) atoms. The van der Waals surface area contributed by atoms with Gasteiger partial charge in [-0.2, -0.15) is 4.31 Å². The molecule has 1 aromatic heterocycles. The van der Waals surface area contributed by atoms with E-state index in [-0.39, 0.29) is 29.8 Å². The van der Waals surface area contributed by atoms with Crippen LogP contribution < -0.4 is 9.64 Å². The molecule has 198 valence electrons. The molecule has 4 aromatic rings. The first-order chi connectivity index (χ1) is 18.3. The van der Waals surface area contributed by atoms with Crippen LogP contribution in [0.25, 0.3) is 10.2 Å². The molecule has 1 aliphatic rings. The van der Waals surface area contributed by atoms with Gasteiger partial charge in [-0.15, -0.1) is 0 Å². The number of sulfonamides is 1. The first kappa shape index (κ1) is 26.6. The van der Waals surface area contributed by atoms with E-state index >= 15 is 0 Å². The zero-order valence-corrected chi connectivity index (χ0v) is 23.3. The molecule has 2 heterocycles. The maximum atomic E-state index is 13.9. The second-order valence-corrected chi connectivity index (χ2v) is 12.5. The lowest BCUT2D eigenvalue weighted by Gasteiger charge is -2.33. The van der Waals surface area contributed by atoms with Gasteiger partial charge in [-0.05, 0) is 67.8 Å². The van der Waals surface area contributed by atoms with Gasteiger partial charge in [-0.25, -0.2) is 13.4 Å². The van der Waals surface area contributed by atoms with Gasteiger partial charge in [-0.3, -0.25) is 9.69 Å². The molecule has 5 rings (SSSR count). The molecule has 10 heteroatoms. The van der Waals surface area contributed by atoms with E-state index in [1.165, 1.54) is 27.8 Å². The molecule has 0 bridgehead atoms. The molecule has 1 fully saturated rings. The van der Waals surface area contributed by atoms with Gasteiger partial charge in [0.05, 0.1) is 28.3 Å². The Morgan fingerprint density at radius 2 is 1.79 bits per heavy atom. The summed E-state index contributed by atoms with van der Waals surface area (Å²) in [6, 6.07) is 21.7. The highest BCUT2D eigenvalue weighted by Gasteiger charge is 2.35. The number of hydrogen-bond acceptors (Lipinski definition) is 6. The number of rotatable bonds is 8.